The number of benzene rings is 1. The normalized spacial score (nSPS) is 21.1. The minimum atomic E-state index is -1.44. The van der Waals surface area contributed by atoms with Gasteiger partial charge in [0, 0.05) is 42.2 Å². The van der Waals surface area contributed by atoms with Crippen molar-refractivity contribution in [1.82, 2.24) is 10.2 Å². The first-order valence-electron chi connectivity index (χ1n) is 12.4. The van der Waals surface area contributed by atoms with Crippen LogP contribution in [-0.2, 0) is 4.74 Å². The van der Waals surface area contributed by atoms with Crippen LogP contribution in [0.25, 0.3) is 0 Å². The Hall–Kier alpha value is -2.85. The number of halogens is 3. The van der Waals surface area contributed by atoms with Crippen molar-refractivity contribution in [2.75, 3.05) is 13.7 Å². The monoisotopic (exact) mass is 567 g/mol. The highest BCUT2D eigenvalue weighted by Gasteiger charge is 2.41. The van der Waals surface area contributed by atoms with Crippen LogP contribution in [0.2, 0.25) is 5.02 Å². The zero-order valence-corrected chi connectivity index (χ0v) is 24.1. The third-order valence-corrected chi connectivity index (χ3v) is 7.10. The molecule has 1 amide bonds. The van der Waals surface area contributed by atoms with Gasteiger partial charge < -0.3 is 20.7 Å². The molecule has 4 atom stereocenters. The van der Waals surface area contributed by atoms with Crippen molar-refractivity contribution in [3.8, 4) is 0 Å². The average Bonchev–Trinajstić information content (AvgIpc) is 3.33. The maximum atomic E-state index is 14.5. The lowest BCUT2D eigenvalue weighted by atomic mass is 9.89. The maximum absolute atomic E-state index is 14.5. The number of allylic oxidation sites excluding steroid dienone is 1. The Labute approximate surface area is 232 Å². The van der Waals surface area contributed by atoms with Crippen LogP contribution in [0.15, 0.2) is 62.7 Å². The molecule has 2 heterocycles. The van der Waals surface area contributed by atoms with Gasteiger partial charge in [0.25, 0.3) is 0 Å². The highest BCUT2D eigenvalue weighted by atomic mass is 35.5. The van der Waals surface area contributed by atoms with E-state index in [0.717, 1.165) is 11.5 Å². The molecule has 3 rings (SSSR count). The number of rotatable bonds is 8. The summed E-state index contributed by atoms with van der Waals surface area (Å²) in [5.74, 6) is 0.188. The Balaban J connectivity index is 0.00000247. The van der Waals surface area contributed by atoms with Crippen molar-refractivity contribution in [1.29, 1.82) is 0 Å². The number of fused-ring (bicyclic) bond motifs is 1. The van der Waals surface area contributed by atoms with Crippen LogP contribution in [0, 0.1) is 5.82 Å². The molecule has 0 saturated carbocycles. The van der Waals surface area contributed by atoms with Gasteiger partial charge >= 0.3 is 6.09 Å². The molecule has 1 aromatic carbocycles. The molecule has 1 saturated heterocycles. The number of nitrogens with one attached hydrogen (secondary N) is 1. The van der Waals surface area contributed by atoms with Crippen LogP contribution in [0.1, 0.15) is 52.6 Å². The van der Waals surface area contributed by atoms with Gasteiger partial charge in [-0.15, -0.1) is 11.8 Å². The van der Waals surface area contributed by atoms with E-state index in [0.29, 0.717) is 29.7 Å². The van der Waals surface area contributed by atoms with Crippen LogP contribution < -0.4 is 11.1 Å². The molecule has 3 unspecified atom stereocenters. The van der Waals surface area contributed by atoms with Crippen LogP contribution >= 0.6 is 23.4 Å². The summed E-state index contributed by atoms with van der Waals surface area (Å²) in [4.78, 5) is 22.9. The van der Waals surface area contributed by atoms with Gasteiger partial charge in [-0.1, -0.05) is 37.6 Å². The summed E-state index contributed by atoms with van der Waals surface area (Å²) in [6.07, 6.45) is 3.09. The summed E-state index contributed by atoms with van der Waals surface area (Å²) in [7, 11) is 1.31. The molecular formula is C27H36ClF2N5O2S. The number of carbonyl (C=O) groups excluding carboxylic acids is 1. The molecule has 11 heteroatoms. The third kappa shape index (κ3) is 7.60. The zero-order valence-electron chi connectivity index (χ0n) is 22.5. The van der Waals surface area contributed by atoms with Gasteiger partial charge in [-0.25, -0.2) is 13.6 Å². The molecule has 7 nitrogen and oxygen atoms in total. The van der Waals surface area contributed by atoms with Crippen molar-refractivity contribution in [2.45, 2.75) is 64.7 Å². The SMILES string of the molecule is C/C=C\SC(C)C1=N[C@@H](c2ccc(Cl)c(F)c2)C(C(=C/N)/C=N/C(C)F)=C2CC(NC(=O)OC)CN12.CC. The van der Waals surface area contributed by atoms with Gasteiger partial charge in [0.05, 0.1) is 23.4 Å². The number of hydrogen-bond acceptors (Lipinski definition) is 7. The van der Waals surface area contributed by atoms with Crippen LogP contribution in [-0.4, -0.2) is 54.3 Å². The van der Waals surface area contributed by atoms with Gasteiger partial charge in [-0.05, 0) is 43.9 Å². The molecule has 0 aliphatic carbocycles. The zero-order chi connectivity index (χ0) is 28.4. The van der Waals surface area contributed by atoms with E-state index < -0.39 is 24.2 Å². The van der Waals surface area contributed by atoms with Gasteiger partial charge in [-0.2, -0.15) is 0 Å². The summed E-state index contributed by atoms with van der Waals surface area (Å²) in [6.45, 7) is 9.72. The fourth-order valence-electron chi connectivity index (χ4n) is 4.19. The average molecular weight is 568 g/mol. The molecule has 1 fully saturated rings. The topological polar surface area (TPSA) is 92.3 Å². The second-order valence-corrected chi connectivity index (χ2v) is 9.95. The number of alkyl halides is 1. The second-order valence-electron chi connectivity index (χ2n) is 8.29. The molecule has 0 bridgehead atoms. The minimum Gasteiger partial charge on any atom is -0.453 e. The van der Waals surface area contributed by atoms with Crippen molar-refractivity contribution in [3.63, 3.8) is 0 Å². The van der Waals surface area contributed by atoms with Crippen molar-refractivity contribution in [2.24, 2.45) is 15.7 Å². The molecule has 208 valence electrons. The Morgan fingerprint density at radius 2 is 2.11 bits per heavy atom. The predicted octanol–water partition coefficient (Wildman–Crippen LogP) is 6.53. The molecule has 1 aromatic rings. The van der Waals surface area contributed by atoms with Gasteiger partial charge in [-0.3, -0.25) is 9.98 Å². The number of carbonyl (C=O) groups is 1. The van der Waals surface area contributed by atoms with Crippen LogP contribution in [0.3, 0.4) is 0 Å². The lowest BCUT2D eigenvalue weighted by Crippen LogP contribution is -2.41. The third-order valence-electron chi connectivity index (χ3n) is 5.75. The molecule has 0 radical (unpaired) electrons. The van der Waals surface area contributed by atoms with Crippen LogP contribution in [0.4, 0.5) is 13.6 Å². The fraction of sp³-hybridized carbons (Fsp3) is 0.444. The van der Waals surface area contributed by atoms with E-state index in [1.165, 1.54) is 38.6 Å². The highest BCUT2D eigenvalue weighted by Crippen LogP contribution is 2.43. The number of aliphatic imine (C=N–C) groups is 2. The number of methoxy groups -OCH3 is 1. The van der Waals surface area contributed by atoms with Crippen LogP contribution in [0.5, 0.6) is 0 Å². The van der Waals surface area contributed by atoms with E-state index >= 15 is 0 Å². The van der Waals surface area contributed by atoms with Gasteiger partial charge in [0.15, 0.2) is 6.30 Å². The summed E-state index contributed by atoms with van der Waals surface area (Å²) in [5.41, 5.74) is 8.50. The van der Waals surface area contributed by atoms with E-state index in [9.17, 15) is 13.6 Å². The number of alkyl carbamates (subject to hydrolysis) is 1. The Morgan fingerprint density at radius 1 is 1.39 bits per heavy atom. The number of amides is 1. The number of hydrogen-bond donors (Lipinski definition) is 2. The van der Waals surface area contributed by atoms with E-state index in [1.807, 2.05) is 44.1 Å². The highest BCUT2D eigenvalue weighted by molar-refractivity contribution is 8.03. The van der Waals surface area contributed by atoms with E-state index in [1.54, 1.807) is 17.8 Å². The van der Waals surface area contributed by atoms with Crippen molar-refractivity contribution in [3.05, 3.63) is 69.1 Å². The van der Waals surface area contributed by atoms with Gasteiger partial charge in [0.2, 0.25) is 0 Å². The fourth-order valence-corrected chi connectivity index (χ4v) is 5.01. The summed E-state index contributed by atoms with van der Waals surface area (Å²) < 4.78 is 33.0. The molecule has 38 heavy (non-hydrogen) atoms. The number of nitrogens with zero attached hydrogens (tertiary/aromatic N) is 3. The van der Waals surface area contributed by atoms with Gasteiger partial charge in [0.1, 0.15) is 17.7 Å². The molecular weight excluding hydrogens is 532 g/mol. The summed E-state index contributed by atoms with van der Waals surface area (Å²) >= 11 is 7.53. The molecule has 2 aliphatic rings. The molecule has 3 N–H and O–H groups in total. The number of ether oxygens (including phenoxy) is 1. The number of amidine groups is 1. The molecule has 0 spiro atoms. The van der Waals surface area contributed by atoms with E-state index in [-0.39, 0.29) is 16.3 Å². The molecule has 0 aromatic heterocycles. The van der Waals surface area contributed by atoms with Crippen molar-refractivity contribution >= 4 is 41.5 Å². The quantitative estimate of drug-likeness (QED) is 0.275. The Bertz CT molecular complexity index is 1140. The van der Waals surface area contributed by atoms with Crippen molar-refractivity contribution < 1.29 is 18.3 Å². The Kier molecular flexibility index (Phi) is 12.3. The summed E-state index contributed by atoms with van der Waals surface area (Å²) in [5, 5.41) is 4.77. The molecule has 2 aliphatic heterocycles. The Morgan fingerprint density at radius 3 is 2.68 bits per heavy atom. The number of thioether (sulfide) groups is 1. The lowest BCUT2D eigenvalue weighted by Gasteiger charge is -2.35. The maximum Gasteiger partial charge on any atom is 0.407 e. The second kappa shape index (κ2) is 14.9. The van der Waals surface area contributed by atoms with E-state index in [4.69, 9.17) is 27.1 Å². The summed E-state index contributed by atoms with van der Waals surface area (Å²) in [6, 6.07) is 3.60. The first kappa shape index (κ1) is 31.4. The van der Waals surface area contributed by atoms with E-state index in [2.05, 4.69) is 10.3 Å². The smallest absolute Gasteiger partial charge is 0.407 e. The first-order valence-corrected chi connectivity index (χ1v) is 13.8. The first-order chi connectivity index (χ1) is 18.2. The standard InChI is InChI=1S/C25H30ClF2N5O2S.C2H6/c1-5-8-36-14(2)24-32-23(16-6-7-19(26)20(28)9-16)22(17(11-29)12-30-15(3)27)21-10-18(13-33(21)24)31-25(34)35-4;1-2/h5-9,11-12,14-15,18,23H,10,13,29H2,1-4H3,(H,31,34);1-2H3/b8-5-,17-11+,30-12+;/t14?,15?,18?,23-;/m0./s1. The largest absolute Gasteiger partial charge is 0.453 e. The minimum absolute atomic E-state index is 0.00258. The predicted molar refractivity (Wildman–Crippen MR) is 154 cm³/mol. The number of nitrogens with two attached hydrogens (primary N) is 1. The lowest BCUT2D eigenvalue weighted by molar-refractivity contribution is 0.167.